The highest BCUT2D eigenvalue weighted by Crippen LogP contribution is 2.32. The van der Waals surface area contributed by atoms with E-state index in [0.717, 1.165) is 18.4 Å². The molecule has 0 bridgehead atoms. The number of likely N-dealkylation sites (tertiary alicyclic amines) is 1. The van der Waals surface area contributed by atoms with Crippen molar-refractivity contribution < 1.29 is 26.4 Å². The topological polar surface area (TPSA) is 78.5 Å². The fourth-order valence-corrected chi connectivity index (χ4v) is 3.58. The van der Waals surface area contributed by atoms with E-state index in [0.29, 0.717) is 24.9 Å². The number of alkyl halides is 3. The molecule has 2 rings (SSSR count). The minimum Gasteiger partial charge on any atom is -0.323 e. The first-order valence-electron chi connectivity index (χ1n) is 7.66. The zero-order chi connectivity index (χ0) is 18.8. The van der Waals surface area contributed by atoms with E-state index in [1.54, 1.807) is 0 Å². The number of benzene rings is 1. The number of hydrogen-bond donors (Lipinski definition) is 2. The number of nitrogens with one attached hydrogen (secondary N) is 2. The molecule has 0 spiro atoms. The molecule has 0 aliphatic carbocycles. The number of hydrogen-bond acceptors (Lipinski definition) is 3. The molecule has 1 fully saturated rings. The van der Waals surface area contributed by atoms with Gasteiger partial charge in [0.25, 0.3) is 0 Å². The molecule has 1 aliphatic rings. The van der Waals surface area contributed by atoms with Crippen molar-refractivity contribution in [1.82, 2.24) is 9.62 Å². The average molecular weight is 379 g/mol. The van der Waals surface area contributed by atoms with Crippen molar-refractivity contribution in [2.45, 2.75) is 32.0 Å². The van der Waals surface area contributed by atoms with E-state index in [1.165, 1.54) is 17.9 Å². The minimum atomic E-state index is -4.50. The molecule has 6 nitrogen and oxygen atoms in total. The van der Waals surface area contributed by atoms with Crippen molar-refractivity contribution in [3.63, 3.8) is 0 Å². The van der Waals surface area contributed by atoms with Gasteiger partial charge in [-0.15, -0.1) is 0 Å². The first kappa shape index (κ1) is 19.5. The van der Waals surface area contributed by atoms with Gasteiger partial charge in [0.15, 0.2) is 0 Å². The quantitative estimate of drug-likeness (QED) is 0.847. The molecule has 1 aromatic carbocycles. The molecule has 2 N–H and O–H groups in total. The number of piperidine rings is 1. The second-order valence-corrected chi connectivity index (χ2v) is 7.97. The van der Waals surface area contributed by atoms with Gasteiger partial charge in [0, 0.05) is 24.8 Å². The van der Waals surface area contributed by atoms with E-state index >= 15 is 0 Å². The summed E-state index contributed by atoms with van der Waals surface area (Å²) in [7, 11) is -3.39. The molecule has 140 valence electrons. The molecule has 1 atom stereocenters. The molecule has 1 heterocycles. The van der Waals surface area contributed by atoms with Crippen LogP contribution in [0.2, 0.25) is 0 Å². The Kier molecular flexibility index (Phi) is 5.62. The van der Waals surface area contributed by atoms with Gasteiger partial charge in [0.2, 0.25) is 10.0 Å². The van der Waals surface area contributed by atoms with E-state index in [1.807, 2.05) is 0 Å². The van der Waals surface area contributed by atoms with Crippen LogP contribution in [-0.2, 0) is 16.2 Å². The van der Waals surface area contributed by atoms with Crippen molar-refractivity contribution in [3.05, 3.63) is 29.3 Å². The number of aryl methyl sites for hydroxylation is 1. The number of urea groups is 1. The average Bonchev–Trinajstić information content (AvgIpc) is 2.44. The lowest BCUT2D eigenvalue weighted by Crippen LogP contribution is -2.50. The smallest absolute Gasteiger partial charge is 0.323 e. The molecule has 0 aromatic heterocycles. The van der Waals surface area contributed by atoms with Gasteiger partial charge in [-0.2, -0.15) is 13.2 Å². The second kappa shape index (κ2) is 7.20. The first-order chi connectivity index (χ1) is 11.4. The SMILES string of the molecule is Cc1cc(NC(=O)N2CCCC(NS(C)(=O)=O)C2)cc(C(F)(F)F)c1. The van der Waals surface area contributed by atoms with Gasteiger partial charge < -0.3 is 10.2 Å². The Morgan fingerprint density at radius 2 is 1.96 bits per heavy atom. The third-order valence-corrected chi connectivity index (χ3v) is 4.51. The minimum absolute atomic E-state index is 0.0514. The number of sulfonamides is 1. The van der Waals surface area contributed by atoms with E-state index < -0.39 is 33.8 Å². The van der Waals surface area contributed by atoms with Crippen molar-refractivity contribution in [2.75, 3.05) is 24.7 Å². The van der Waals surface area contributed by atoms with Crippen LogP contribution in [-0.4, -0.2) is 44.7 Å². The summed E-state index contributed by atoms with van der Waals surface area (Å²) in [5.41, 5.74) is -0.408. The molecule has 1 aliphatic heterocycles. The number of anilines is 1. The van der Waals surface area contributed by atoms with Gasteiger partial charge in [0.05, 0.1) is 11.8 Å². The lowest BCUT2D eigenvalue weighted by atomic mass is 10.1. The van der Waals surface area contributed by atoms with Gasteiger partial charge in [-0.3, -0.25) is 0 Å². The zero-order valence-corrected chi connectivity index (χ0v) is 14.7. The third kappa shape index (κ3) is 5.89. The summed E-state index contributed by atoms with van der Waals surface area (Å²) >= 11 is 0. The summed E-state index contributed by atoms with van der Waals surface area (Å²) in [5.74, 6) is 0. The fraction of sp³-hybridized carbons (Fsp3) is 0.533. The highest BCUT2D eigenvalue weighted by molar-refractivity contribution is 7.88. The number of carbonyl (C=O) groups excluding carboxylic acids is 1. The molecule has 1 aromatic rings. The van der Waals surface area contributed by atoms with Crippen LogP contribution < -0.4 is 10.0 Å². The number of halogens is 3. The maximum atomic E-state index is 12.9. The Morgan fingerprint density at radius 1 is 1.28 bits per heavy atom. The molecular weight excluding hydrogens is 359 g/mol. The molecule has 10 heteroatoms. The summed E-state index contributed by atoms with van der Waals surface area (Å²) < 4.78 is 63.6. The monoisotopic (exact) mass is 379 g/mol. The Morgan fingerprint density at radius 3 is 2.56 bits per heavy atom. The van der Waals surface area contributed by atoms with Crippen LogP contribution in [0.5, 0.6) is 0 Å². The van der Waals surface area contributed by atoms with Gasteiger partial charge in [-0.1, -0.05) is 0 Å². The van der Waals surface area contributed by atoms with Crippen LogP contribution in [0.1, 0.15) is 24.0 Å². The molecule has 1 unspecified atom stereocenters. The van der Waals surface area contributed by atoms with Crippen LogP contribution in [0, 0.1) is 6.92 Å². The van der Waals surface area contributed by atoms with Gasteiger partial charge in [-0.05, 0) is 43.5 Å². The Hall–Kier alpha value is -1.81. The molecule has 0 radical (unpaired) electrons. The summed E-state index contributed by atoms with van der Waals surface area (Å²) in [6.45, 7) is 2.08. The summed E-state index contributed by atoms with van der Waals surface area (Å²) in [6.07, 6.45) is -2.26. The normalized spacial score (nSPS) is 18.9. The van der Waals surface area contributed by atoms with E-state index in [2.05, 4.69) is 10.0 Å². The number of amides is 2. The Bertz CT molecular complexity index is 750. The summed E-state index contributed by atoms with van der Waals surface area (Å²) in [4.78, 5) is 13.7. The standard InChI is InChI=1S/C15H20F3N3O3S/c1-10-6-11(15(16,17)18)8-13(7-10)19-14(22)21-5-3-4-12(9-21)20-25(2,23)24/h6-8,12,20H,3-5,9H2,1-2H3,(H,19,22). The Balaban J connectivity index is 2.08. The van der Waals surface area contributed by atoms with Crippen LogP contribution in [0.3, 0.4) is 0 Å². The second-order valence-electron chi connectivity index (χ2n) is 6.19. The van der Waals surface area contributed by atoms with Crippen molar-refractivity contribution in [2.24, 2.45) is 0 Å². The number of nitrogens with zero attached hydrogens (tertiary/aromatic N) is 1. The molecule has 0 saturated carbocycles. The third-order valence-electron chi connectivity index (χ3n) is 3.75. The fourth-order valence-electron chi connectivity index (χ4n) is 2.78. The maximum Gasteiger partial charge on any atom is 0.416 e. The Labute approximate surface area is 144 Å². The summed E-state index contributed by atoms with van der Waals surface area (Å²) in [5, 5.41) is 2.46. The highest BCUT2D eigenvalue weighted by Gasteiger charge is 2.31. The van der Waals surface area contributed by atoms with Gasteiger partial charge in [-0.25, -0.2) is 17.9 Å². The van der Waals surface area contributed by atoms with Gasteiger partial charge in [0.1, 0.15) is 0 Å². The van der Waals surface area contributed by atoms with Crippen LogP contribution >= 0.6 is 0 Å². The van der Waals surface area contributed by atoms with Crippen LogP contribution in [0.25, 0.3) is 0 Å². The lowest BCUT2D eigenvalue weighted by Gasteiger charge is -2.32. The highest BCUT2D eigenvalue weighted by atomic mass is 32.2. The lowest BCUT2D eigenvalue weighted by molar-refractivity contribution is -0.137. The zero-order valence-electron chi connectivity index (χ0n) is 13.9. The molecule has 25 heavy (non-hydrogen) atoms. The van der Waals surface area contributed by atoms with Crippen molar-refractivity contribution >= 4 is 21.7 Å². The molecule has 2 amide bonds. The summed E-state index contributed by atoms with van der Waals surface area (Å²) in [6, 6.07) is 2.36. The first-order valence-corrected chi connectivity index (χ1v) is 9.55. The molecular formula is C15H20F3N3O3S. The van der Waals surface area contributed by atoms with E-state index in [9.17, 15) is 26.4 Å². The van der Waals surface area contributed by atoms with Crippen molar-refractivity contribution in [1.29, 1.82) is 0 Å². The predicted molar refractivity (Wildman–Crippen MR) is 87.8 cm³/mol. The number of rotatable bonds is 3. The van der Waals surface area contributed by atoms with E-state index in [-0.39, 0.29) is 12.2 Å². The van der Waals surface area contributed by atoms with E-state index in [4.69, 9.17) is 0 Å². The predicted octanol–water partition coefficient (Wildman–Crippen LogP) is 2.56. The van der Waals surface area contributed by atoms with Crippen molar-refractivity contribution in [3.8, 4) is 0 Å². The number of carbonyl (C=O) groups is 1. The maximum absolute atomic E-state index is 12.9. The van der Waals surface area contributed by atoms with Crippen LogP contribution in [0.15, 0.2) is 18.2 Å². The van der Waals surface area contributed by atoms with Crippen LogP contribution in [0.4, 0.5) is 23.7 Å². The molecule has 1 saturated heterocycles. The van der Waals surface area contributed by atoms with Gasteiger partial charge >= 0.3 is 12.2 Å². The largest absolute Gasteiger partial charge is 0.416 e.